The molecular formula is C36H22N2O. The van der Waals surface area contributed by atoms with Crippen LogP contribution in [0.15, 0.2) is 138 Å². The number of furan rings is 1. The molecule has 0 unspecified atom stereocenters. The van der Waals surface area contributed by atoms with Gasteiger partial charge in [-0.1, -0.05) is 78.9 Å². The number of para-hydroxylation sites is 1. The van der Waals surface area contributed by atoms with Crippen LogP contribution in [0.25, 0.3) is 77.3 Å². The summed E-state index contributed by atoms with van der Waals surface area (Å²) >= 11 is 0. The van der Waals surface area contributed by atoms with Crippen LogP contribution in [-0.2, 0) is 0 Å². The monoisotopic (exact) mass is 498 g/mol. The van der Waals surface area contributed by atoms with Gasteiger partial charge in [0.05, 0.1) is 17.1 Å². The topological polar surface area (TPSA) is 38.9 Å². The summed E-state index contributed by atoms with van der Waals surface area (Å²) in [5.41, 5.74) is 7.88. The van der Waals surface area contributed by atoms with Crippen molar-refractivity contribution in [2.45, 2.75) is 0 Å². The first-order valence-corrected chi connectivity index (χ1v) is 13.1. The Labute approximate surface area is 225 Å². The molecule has 39 heavy (non-hydrogen) atoms. The van der Waals surface area contributed by atoms with Gasteiger partial charge in [-0.3, -0.25) is 4.98 Å². The molecule has 182 valence electrons. The molecule has 0 amide bonds. The van der Waals surface area contributed by atoms with Crippen molar-refractivity contribution in [3.63, 3.8) is 0 Å². The van der Waals surface area contributed by atoms with Crippen LogP contribution in [0.2, 0.25) is 0 Å². The van der Waals surface area contributed by atoms with Crippen molar-refractivity contribution >= 4 is 43.5 Å². The highest BCUT2D eigenvalue weighted by molar-refractivity contribution is 6.18. The Morgan fingerprint density at radius 3 is 2.05 bits per heavy atom. The second kappa shape index (κ2) is 8.64. The van der Waals surface area contributed by atoms with E-state index in [1.165, 1.54) is 21.5 Å². The van der Waals surface area contributed by atoms with Gasteiger partial charge >= 0.3 is 0 Å². The summed E-state index contributed by atoms with van der Waals surface area (Å²) in [4.78, 5) is 9.36. The fourth-order valence-electron chi connectivity index (χ4n) is 5.62. The number of hydrogen-bond acceptors (Lipinski definition) is 3. The molecule has 0 fully saturated rings. The number of aromatic nitrogens is 2. The number of pyridine rings is 2. The van der Waals surface area contributed by atoms with Crippen LogP contribution in [0.3, 0.4) is 0 Å². The predicted molar refractivity (Wildman–Crippen MR) is 161 cm³/mol. The zero-order valence-electron chi connectivity index (χ0n) is 21.0. The Kier molecular flexibility index (Phi) is 4.82. The molecule has 8 rings (SSSR count). The minimum Gasteiger partial charge on any atom is -0.455 e. The Bertz CT molecular complexity index is 2180. The third-order valence-electron chi connectivity index (χ3n) is 7.49. The highest BCUT2D eigenvalue weighted by Crippen LogP contribution is 2.41. The average Bonchev–Trinajstić information content (AvgIpc) is 3.38. The van der Waals surface area contributed by atoms with Gasteiger partial charge in [-0.05, 0) is 75.6 Å². The fraction of sp³-hybridized carbons (Fsp3) is 0. The molecule has 0 radical (unpaired) electrons. The van der Waals surface area contributed by atoms with Crippen molar-refractivity contribution in [3.05, 3.63) is 134 Å². The van der Waals surface area contributed by atoms with E-state index in [4.69, 9.17) is 9.40 Å². The normalized spacial score (nSPS) is 11.6. The van der Waals surface area contributed by atoms with Gasteiger partial charge in [0.1, 0.15) is 11.2 Å². The molecule has 3 heteroatoms. The van der Waals surface area contributed by atoms with Crippen LogP contribution in [0.4, 0.5) is 0 Å². The first-order chi connectivity index (χ1) is 19.3. The van der Waals surface area contributed by atoms with E-state index in [2.05, 4.69) is 89.9 Å². The highest BCUT2D eigenvalue weighted by Gasteiger charge is 2.16. The smallest absolute Gasteiger partial charge is 0.143 e. The first-order valence-electron chi connectivity index (χ1n) is 13.1. The average molecular weight is 499 g/mol. The number of hydrogen-bond donors (Lipinski definition) is 0. The van der Waals surface area contributed by atoms with Crippen LogP contribution in [0.5, 0.6) is 0 Å². The van der Waals surface area contributed by atoms with Crippen LogP contribution in [-0.4, -0.2) is 9.97 Å². The second-order valence-electron chi connectivity index (χ2n) is 9.85. The molecular weight excluding hydrogens is 476 g/mol. The van der Waals surface area contributed by atoms with Gasteiger partial charge in [0, 0.05) is 28.1 Å². The van der Waals surface area contributed by atoms with E-state index in [-0.39, 0.29) is 0 Å². The maximum Gasteiger partial charge on any atom is 0.143 e. The highest BCUT2D eigenvalue weighted by atomic mass is 16.3. The van der Waals surface area contributed by atoms with Gasteiger partial charge in [0.2, 0.25) is 0 Å². The van der Waals surface area contributed by atoms with E-state index in [0.717, 1.165) is 55.7 Å². The molecule has 0 aliphatic carbocycles. The minimum atomic E-state index is 0.870. The lowest BCUT2D eigenvalue weighted by molar-refractivity contribution is 0.670. The number of fused-ring (bicyclic) bond motifs is 5. The SMILES string of the molecule is c1ccc(-c2cccc(-c3ccc4cc(-c5c6ccccc6cc6c5oc5ccccc56)ccc4c3)n2)nc1. The van der Waals surface area contributed by atoms with E-state index in [9.17, 15) is 0 Å². The van der Waals surface area contributed by atoms with Crippen LogP contribution >= 0.6 is 0 Å². The lowest BCUT2D eigenvalue weighted by Crippen LogP contribution is -1.90. The van der Waals surface area contributed by atoms with Gasteiger partial charge in [0.15, 0.2) is 0 Å². The fourth-order valence-corrected chi connectivity index (χ4v) is 5.62. The molecule has 3 heterocycles. The molecule has 0 bridgehead atoms. The molecule has 0 N–H and O–H groups in total. The third kappa shape index (κ3) is 3.59. The van der Waals surface area contributed by atoms with E-state index >= 15 is 0 Å². The van der Waals surface area contributed by atoms with Crippen molar-refractivity contribution in [3.8, 4) is 33.8 Å². The van der Waals surface area contributed by atoms with Crippen molar-refractivity contribution in [1.29, 1.82) is 0 Å². The molecule has 3 aromatic heterocycles. The maximum atomic E-state index is 6.47. The van der Waals surface area contributed by atoms with E-state index in [0.29, 0.717) is 0 Å². The summed E-state index contributed by atoms with van der Waals surface area (Å²) in [6, 6.07) is 44.3. The van der Waals surface area contributed by atoms with Crippen LogP contribution in [0, 0.1) is 0 Å². The molecule has 0 atom stereocenters. The molecule has 3 nitrogen and oxygen atoms in total. The largest absolute Gasteiger partial charge is 0.455 e. The standard InChI is InChI=1S/C36H22N2O/c1-2-9-28-25(8-1)22-30-29-10-3-4-14-34(29)39-36(30)35(28)27-18-16-23-20-26(17-15-24(23)21-27)31-12-7-13-33(38-31)32-11-5-6-19-37-32/h1-22H. The molecule has 5 aromatic carbocycles. The Morgan fingerprint density at radius 1 is 0.462 bits per heavy atom. The van der Waals surface area contributed by atoms with Crippen LogP contribution in [0.1, 0.15) is 0 Å². The predicted octanol–water partition coefficient (Wildman–Crippen LogP) is 9.68. The van der Waals surface area contributed by atoms with Gasteiger partial charge in [-0.25, -0.2) is 4.98 Å². The zero-order chi connectivity index (χ0) is 25.8. The lowest BCUT2D eigenvalue weighted by Gasteiger charge is -2.11. The summed E-state index contributed by atoms with van der Waals surface area (Å²) < 4.78 is 6.47. The third-order valence-corrected chi connectivity index (χ3v) is 7.49. The lowest BCUT2D eigenvalue weighted by atomic mass is 9.93. The molecule has 0 aliphatic heterocycles. The Morgan fingerprint density at radius 2 is 1.18 bits per heavy atom. The molecule has 0 aliphatic rings. The van der Waals surface area contributed by atoms with Crippen molar-refractivity contribution in [2.24, 2.45) is 0 Å². The zero-order valence-corrected chi connectivity index (χ0v) is 21.0. The molecule has 0 saturated carbocycles. The Hall–Kier alpha value is -5.28. The van der Waals surface area contributed by atoms with Gasteiger partial charge in [0.25, 0.3) is 0 Å². The van der Waals surface area contributed by atoms with Crippen LogP contribution < -0.4 is 0 Å². The summed E-state index contributed by atoms with van der Waals surface area (Å²) in [6.07, 6.45) is 1.80. The minimum absolute atomic E-state index is 0.870. The number of nitrogens with zero attached hydrogens (tertiary/aromatic N) is 2. The van der Waals surface area contributed by atoms with E-state index in [1.54, 1.807) is 6.20 Å². The summed E-state index contributed by atoms with van der Waals surface area (Å²) in [6.45, 7) is 0. The summed E-state index contributed by atoms with van der Waals surface area (Å²) in [5, 5.41) is 7.03. The van der Waals surface area contributed by atoms with Gasteiger partial charge in [-0.15, -0.1) is 0 Å². The maximum absolute atomic E-state index is 6.47. The van der Waals surface area contributed by atoms with E-state index < -0.39 is 0 Å². The molecule has 0 spiro atoms. The molecule has 8 aromatic rings. The quantitative estimate of drug-likeness (QED) is 0.243. The van der Waals surface area contributed by atoms with Crippen molar-refractivity contribution < 1.29 is 4.42 Å². The molecule has 0 saturated heterocycles. The first kappa shape index (κ1) is 21.8. The van der Waals surface area contributed by atoms with Gasteiger partial charge < -0.3 is 4.42 Å². The number of rotatable bonds is 3. The van der Waals surface area contributed by atoms with Gasteiger partial charge in [-0.2, -0.15) is 0 Å². The number of benzene rings is 5. The summed E-state index contributed by atoms with van der Waals surface area (Å²) in [5.74, 6) is 0. The van der Waals surface area contributed by atoms with Crippen molar-refractivity contribution in [1.82, 2.24) is 9.97 Å². The van der Waals surface area contributed by atoms with Crippen molar-refractivity contribution in [2.75, 3.05) is 0 Å². The second-order valence-corrected chi connectivity index (χ2v) is 9.85. The summed E-state index contributed by atoms with van der Waals surface area (Å²) in [7, 11) is 0. The Balaban J connectivity index is 1.28. The van der Waals surface area contributed by atoms with E-state index in [1.807, 2.05) is 42.5 Å².